The van der Waals surface area contributed by atoms with Gasteiger partial charge >= 0.3 is 0 Å². The quantitative estimate of drug-likeness (QED) is 0.626. The van der Waals surface area contributed by atoms with Crippen LogP contribution in [0.1, 0.15) is 37.3 Å². The molecule has 1 aliphatic heterocycles. The van der Waals surface area contributed by atoms with E-state index in [0.29, 0.717) is 36.2 Å². The molecule has 2 aromatic rings. The number of para-hydroxylation sites is 1. The molecule has 1 heterocycles. The van der Waals surface area contributed by atoms with E-state index in [4.69, 9.17) is 16.3 Å². The lowest BCUT2D eigenvalue weighted by Crippen LogP contribution is -2.42. The number of aliphatic hydroxyl groups excluding tert-OH is 1. The van der Waals surface area contributed by atoms with E-state index in [1.165, 1.54) is 5.56 Å². The third kappa shape index (κ3) is 6.45. The molecule has 0 bridgehead atoms. The van der Waals surface area contributed by atoms with E-state index in [0.717, 1.165) is 5.56 Å². The Bertz CT molecular complexity index is 930. The van der Waals surface area contributed by atoms with E-state index in [2.05, 4.69) is 43.0 Å². The van der Waals surface area contributed by atoms with Gasteiger partial charge in [0.1, 0.15) is 18.5 Å². The van der Waals surface area contributed by atoms with Crippen LogP contribution in [-0.4, -0.2) is 55.2 Å². The molecule has 1 aliphatic rings. The second kappa shape index (κ2) is 10.1. The van der Waals surface area contributed by atoms with Gasteiger partial charge in [0.15, 0.2) is 9.84 Å². The molecule has 0 radical (unpaired) electrons. The minimum Gasteiger partial charge on any atom is -0.489 e. The van der Waals surface area contributed by atoms with Gasteiger partial charge < -0.3 is 9.84 Å². The molecule has 0 spiro atoms. The lowest BCUT2D eigenvalue weighted by atomic mass is 10.0. The highest BCUT2D eigenvalue weighted by molar-refractivity contribution is 7.91. The van der Waals surface area contributed by atoms with Crippen molar-refractivity contribution in [1.82, 2.24) is 4.90 Å². The molecule has 7 heteroatoms. The predicted molar refractivity (Wildman–Crippen MR) is 121 cm³/mol. The van der Waals surface area contributed by atoms with Crippen LogP contribution < -0.4 is 4.74 Å². The van der Waals surface area contributed by atoms with Gasteiger partial charge in [0, 0.05) is 19.1 Å². The maximum absolute atomic E-state index is 12.0. The van der Waals surface area contributed by atoms with E-state index in [1.54, 1.807) is 12.1 Å². The molecule has 2 unspecified atom stereocenters. The number of halogens is 1. The summed E-state index contributed by atoms with van der Waals surface area (Å²) < 4.78 is 29.7. The Kier molecular flexibility index (Phi) is 7.80. The summed E-state index contributed by atoms with van der Waals surface area (Å²) in [5.41, 5.74) is 2.37. The average molecular weight is 452 g/mol. The molecule has 2 atom stereocenters. The first-order valence-electron chi connectivity index (χ1n) is 10.3. The SMILES string of the molecule is CC(C)c1ccc(CN(CC(O)COc2ccccc2Cl)C2CCS(=O)(=O)C2)cc1. The zero-order valence-corrected chi connectivity index (χ0v) is 19.1. The van der Waals surface area contributed by atoms with Gasteiger partial charge in [-0.3, -0.25) is 4.90 Å². The van der Waals surface area contributed by atoms with Crippen LogP contribution in [0.4, 0.5) is 0 Å². The van der Waals surface area contributed by atoms with Crippen molar-refractivity contribution in [3.8, 4) is 5.75 Å². The molecule has 30 heavy (non-hydrogen) atoms. The van der Waals surface area contributed by atoms with Crippen LogP contribution in [0.5, 0.6) is 5.75 Å². The molecule has 3 rings (SSSR count). The molecule has 5 nitrogen and oxygen atoms in total. The number of ether oxygens (including phenoxy) is 1. The fourth-order valence-electron chi connectivity index (χ4n) is 3.72. The topological polar surface area (TPSA) is 66.8 Å². The Hall–Kier alpha value is -1.60. The van der Waals surface area contributed by atoms with Crippen LogP contribution in [0.3, 0.4) is 0 Å². The summed E-state index contributed by atoms with van der Waals surface area (Å²) in [6.07, 6.45) is -0.177. The van der Waals surface area contributed by atoms with Gasteiger partial charge in [0.2, 0.25) is 0 Å². The lowest BCUT2D eigenvalue weighted by molar-refractivity contribution is 0.0525. The van der Waals surface area contributed by atoms with Crippen molar-refractivity contribution in [2.24, 2.45) is 0 Å². The fourth-order valence-corrected chi connectivity index (χ4v) is 5.67. The summed E-state index contributed by atoms with van der Waals surface area (Å²) in [6, 6.07) is 15.4. The number of rotatable bonds is 9. The average Bonchev–Trinajstić information content (AvgIpc) is 3.07. The Morgan fingerprint density at radius 3 is 2.47 bits per heavy atom. The van der Waals surface area contributed by atoms with Gasteiger partial charge in [-0.2, -0.15) is 0 Å². The molecule has 0 aliphatic carbocycles. The molecule has 164 valence electrons. The van der Waals surface area contributed by atoms with Crippen molar-refractivity contribution in [3.63, 3.8) is 0 Å². The van der Waals surface area contributed by atoms with Crippen LogP contribution in [-0.2, 0) is 16.4 Å². The van der Waals surface area contributed by atoms with Crippen molar-refractivity contribution >= 4 is 21.4 Å². The summed E-state index contributed by atoms with van der Waals surface area (Å²) in [6.45, 7) is 5.31. The Labute approximate surface area is 184 Å². The predicted octanol–water partition coefficient (Wildman–Crippen LogP) is 3.89. The number of nitrogens with zero attached hydrogens (tertiary/aromatic N) is 1. The molecule has 0 saturated carbocycles. The fraction of sp³-hybridized carbons (Fsp3) is 0.478. The Balaban J connectivity index is 1.67. The highest BCUT2D eigenvalue weighted by Gasteiger charge is 2.33. The Morgan fingerprint density at radius 1 is 1.17 bits per heavy atom. The maximum atomic E-state index is 12.0. The van der Waals surface area contributed by atoms with Gasteiger partial charge in [0.25, 0.3) is 0 Å². The van der Waals surface area contributed by atoms with Crippen molar-refractivity contribution in [1.29, 1.82) is 0 Å². The molecule has 0 aromatic heterocycles. The zero-order chi connectivity index (χ0) is 21.7. The minimum atomic E-state index is -3.02. The largest absolute Gasteiger partial charge is 0.489 e. The summed E-state index contributed by atoms with van der Waals surface area (Å²) in [5.74, 6) is 1.32. The van der Waals surface area contributed by atoms with Crippen molar-refractivity contribution in [2.75, 3.05) is 24.7 Å². The van der Waals surface area contributed by atoms with Gasteiger partial charge in [0.05, 0.1) is 16.5 Å². The first kappa shape index (κ1) is 23.1. The van der Waals surface area contributed by atoms with Gasteiger partial charge in [-0.15, -0.1) is 0 Å². The summed E-state index contributed by atoms with van der Waals surface area (Å²) in [4.78, 5) is 2.07. The third-order valence-corrected chi connectivity index (χ3v) is 7.53. The number of hydrogen-bond donors (Lipinski definition) is 1. The molecule has 1 N–H and O–H groups in total. The number of benzene rings is 2. The highest BCUT2D eigenvalue weighted by atomic mass is 35.5. The number of aliphatic hydroxyl groups is 1. The Morgan fingerprint density at radius 2 is 1.87 bits per heavy atom. The lowest BCUT2D eigenvalue weighted by Gasteiger charge is -2.30. The highest BCUT2D eigenvalue weighted by Crippen LogP contribution is 2.24. The minimum absolute atomic E-state index is 0.0893. The second-order valence-corrected chi connectivity index (χ2v) is 10.9. The van der Waals surface area contributed by atoms with Gasteiger partial charge in [-0.05, 0) is 35.6 Å². The first-order chi connectivity index (χ1) is 14.2. The van der Waals surface area contributed by atoms with Crippen LogP contribution in [0.25, 0.3) is 0 Å². The zero-order valence-electron chi connectivity index (χ0n) is 17.5. The first-order valence-corrected chi connectivity index (χ1v) is 12.5. The monoisotopic (exact) mass is 451 g/mol. The normalized spacial score (nSPS) is 19.3. The molecule has 1 saturated heterocycles. The van der Waals surface area contributed by atoms with Crippen molar-refractivity contribution in [2.45, 2.75) is 44.9 Å². The molecule has 2 aromatic carbocycles. The van der Waals surface area contributed by atoms with E-state index in [9.17, 15) is 13.5 Å². The van der Waals surface area contributed by atoms with Crippen LogP contribution in [0.15, 0.2) is 48.5 Å². The second-order valence-electron chi connectivity index (χ2n) is 8.28. The third-order valence-electron chi connectivity index (χ3n) is 5.47. The van der Waals surface area contributed by atoms with E-state index >= 15 is 0 Å². The molecule has 1 fully saturated rings. The van der Waals surface area contributed by atoms with E-state index < -0.39 is 15.9 Å². The number of sulfone groups is 1. The van der Waals surface area contributed by atoms with E-state index in [-0.39, 0.29) is 24.2 Å². The molecular weight excluding hydrogens is 422 g/mol. The van der Waals surface area contributed by atoms with Crippen molar-refractivity contribution < 1.29 is 18.3 Å². The van der Waals surface area contributed by atoms with Gasteiger partial charge in [-0.1, -0.05) is 61.8 Å². The molecule has 0 amide bonds. The summed E-state index contributed by atoms with van der Waals surface area (Å²) in [7, 11) is -3.02. The van der Waals surface area contributed by atoms with Crippen molar-refractivity contribution in [3.05, 3.63) is 64.7 Å². The number of hydrogen-bond acceptors (Lipinski definition) is 5. The summed E-state index contributed by atoms with van der Waals surface area (Å²) in [5, 5.41) is 11.1. The smallest absolute Gasteiger partial charge is 0.151 e. The molecular formula is C23H30ClNO4S. The van der Waals surface area contributed by atoms with E-state index in [1.807, 2.05) is 12.1 Å². The van der Waals surface area contributed by atoms with Gasteiger partial charge in [-0.25, -0.2) is 8.42 Å². The van der Waals surface area contributed by atoms with Crippen LogP contribution in [0, 0.1) is 0 Å². The summed E-state index contributed by atoms with van der Waals surface area (Å²) >= 11 is 6.11. The van der Waals surface area contributed by atoms with Crippen LogP contribution >= 0.6 is 11.6 Å². The maximum Gasteiger partial charge on any atom is 0.151 e. The standard InChI is InChI=1S/C23H30ClNO4S/c1-17(2)19-9-7-18(8-10-19)13-25(20-11-12-30(27,28)16-20)14-21(26)15-29-23-6-4-3-5-22(23)24/h3-10,17,20-21,26H,11-16H2,1-2H3. The van der Waals surface area contributed by atoms with Crippen LogP contribution in [0.2, 0.25) is 5.02 Å².